The number of hydrogen-bond donors (Lipinski definition) is 1. The highest BCUT2D eigenvalue weighted by Gasteiger charge is 2.29. The van der Waals surface area contributed by atoms with Crippen molar-refractivity contribution >= 4 is 0 Å². The van der Waals surface area contributed by atoms with E-state index in [4.69, 9.17) is 4.74 Å². The van der Waals surface area contributed by atoms with Crippen molar-refractivity contribution < 1.29 is 9.84 Å². The van der Waals surface area contributed by atoms with E-state index in [-0.39, 0.29) is 6.04 Å². The number of methoxy groups -OCH3 is 1. The van der Waals surface area contributed by atoms with Crippen molar-refractivity contribution in [3.8, 4) is 5.75 Å². The molecule has 0 radical (unpaired) electrons. The predicted octanol–water partition coefficient (Wildman–Crippen LogP) is 3.24. The average molecular weight is 277 g/mol. The van der Waals surface area contributed by atoms with Crippen molar-refractivity contribution in [1.82, 2.24) is 4.90 Å². The van der Waals surface area contributed by atoms with E-state index in [0.29, 0.717) is 0 Å². The molecule has 0 spiro atoms. The summed E-state index contributed by atoms with van der Waals surface area (Å²) >= 11 is 0. The van der Waals surface area contributed by atoms with Crippen LogP contribution in [0.15, 0.2) is 24.3 Å². The van der Waals surface area contributed by atoms with E-state index in [1.54, 1.807) is 7.11 Å². The molecule has 0 saturated carbocycles. The van der Waals surface area contributed by atoms with Gasteiger partial charge in [-0.2, -0.15) is 0 Å². The van der Waals surface area contributed by atoms with Gasteiger partial charge in [-0.1, -0.05) is 25.5 Å². The standard InChI is InChI=1S/C17H27NO2/c1-4-5-14-10-11-18(12-14)13(2)17(19)15-6-8-16(20-3)9-7-15/h6-9,13-14,17,19H,4-5,10-12H2,1-3H3. The number of likely N-dealkylation sites (tertiary alicyclic amines) is 1. The predicted molar refractivity (Wildman–Crippen MR) is 82.0 cm³/mol. The monoisotopic (exact) mass is 277 g/mol. The smallest absolute Gasteiger partial charge is 0.118 e. The van der Waals surface area contributed by atoms with Gasteiger partial charge in [-0.05, 0) is 49.9 Å². The lowest BCUT2D eigenvalue weighted by atomic mass is 10.0. The van der Waals surface area contributed by atoms with Gasteiger partial charge in [0.25, 0.3) is 0 Å². The van der Waals surface area contributed by atoms with Crippen LogP contribution in [-0.4, -0.2) is 36.2 Å². The van der Waals surface area contributed by atoms with Gasteiger partial charge in [0.05, 0.1) is 13.2 Å². The molecule has 112 valence electrons. The highest BCUT2D eigenvalue weighted by atomic mass is 16.5. The van der Waals surface area contributed by atoms with Crippen molar-refractivity contribution in [1.29, 1.82) is 0 Å². The Morgan fingerprint density at radius 2 is 2.05 bits per heavy atom. The van der Waals surface area contributed by atoms with Crippen molar-refractivity contribution in [3.63, 3.8) is 0 Å². The number of aliphatic hydroxyl groups excluding tert-OH is 1. The van der Waals surface area contributed by atoms with Crippen LogP contribution in [0.2, 0.25) is 0 Å². The van der Waals surface area contributed by atoms with E-state index in [2.05, 4.69) is 18.7 Å². The van der Waals surface area contributed by atoms with Crippen LogP contribution in [0.4, 0.5) is 0 Å². The van der Waals surface area contributed by atoms with Crippen molar-refractivity contribution in [2.45, 2.75) is 45.3 Å². The lowest BCUT2D eigenvalue weighted by molar-refractivity contribution is 0.0692. The normalized spacial score (nSPS) is 22.7. The van der Waals surface area contributed by atoms with E-state index in [1.165, 1.54) is 19.3 Å². The molecule has 1 saturated heterocycles. The second-order valence-electron chi connectivity index (χ2n) is 5.90. The van der Waals surface area contributed by atoms with E-state index in [9.17, 15) is 5.11 Å². The SMILES string of the molecule is CCCC1CCN(C(C)C(O)c2ccc(OC)cc2)C1. The van der Waals surface area contributed by atoms with Crippen molar-refractivity contribution in [2.75, 3.05) is 20.2 Å². The molecule has 3 atom stereocenters. The topological polar surface area (TPSA) is 32.7 Å². The number of aliphatic hydroxyl groups is 1. The maximum atomic E-state index is 10.5. The molecule has 20 heavy (non-hydrogen) atoms. The fourth-order valence-corrected chi connectivity index (χ4v) is 3.16. The van der Waals surface area contributed by atoms with Crippen LogP contribution in [-0.2, 0) is 0 Å². The summed E-state index contributed by atoms with van der Waals surface area (Å²) in [6, 6.07) is 7.91. The molecule has 0 bridgehead atoms. The Balaban J connectivity index is 1.95. The summed E-state index contributed by atoms with van der Waals surface area (Å²) in [6.45, 7) is 6.61. The van der Waals surface area contributed by atoms with Gasteiger partial charge >= 0.3 is 0 Å². The first kappa shape index (κ1) is 15.3. The molecule has 1 N–H and O–H groups in total. The quantitative estimate of drug-likeness (QED) is 0.866. The minimum absolute atomic E-state index is 0.172. The van der Waals surface area contributed by atoms with Gasteiger partial charge in [0.2, 0.25) is 0 Å². The molecule has 1 aliphatic heterocycles. The lowest BCUT2D eigenvalue weighted by Crippen LogP contribution is -2.35. The van der Waals surface area contributed by atoms with Crippen LogP contribution in [0, 0.1) is 5.92 Å². The summed E-state index contributed by atoms with van der Waals surface area (Å²) in [5.74, 6) is 1.64. The van der Waals surface area contributed by atoms with Gasteiger partial charge in [-0.25, -0.2) is 0 Å². The van der Waals surface area contributed by atoms with Gasteiger partial charge in [0.15, 0.2) is 0 Å². The molecule has 3 heteroatoms. The Labute approximate surface area is 122 Å². The first-order chi connectivity index (χ1) is 9.65. The minimum Gasteiger partial charge on any atom is -0.497 e. The molecule has 1 heterocycles. The summed E-state index contributed by atoms with van der Waals surface area (Å²) in [5.41, 5.74) is 0.970. The highest BCUT2D eigenvalue weighted by molar-refractivity contribution is 5.29. The van der Waals surface area contributed by atoms with Gasteiger partial charge < -0.3 is 9.84 Å². The second-order valence-corrected chi connectivity index (χ2v) is 5.90. The van der Waals surface area contributed by atoms with Gasteiger partial charge in [-0.15, -0.1) is 0 Å². The lowest BCUT2D eigenvalue weighted by Gasteiger charge is -2.29. The third-order valence-electron chi connectivity index (χ3n) is 4.50. The van der Waals surface area contributed by atoms with E-state index >= 15 is 0 Å². The zero-order valence-electron chi connectivity index (χ0n) is 12.9. The summed E-state index contributed by atoms with van der Waals surface area (Å²) in [6.07, 6.45) is 3.41. The Hall–Kier alpha value is -1.06. The third kappa shape index (κ3) is 3.53. The number of benzene rings is 1. The fourth-order valence-electron chi connectivity index (χ4n) is 3.16. The number of rotatable bonds is 6. The Morgan fingerprint density at radius 1 is 1.35 bits per heavy atom. The molecule has 3 unspecified atom stereocenters. The molecule has 0 aromatic heterocycles. The van der Waals surface area contributed by atoms with Crippen molar-refractivity contribution in [2.24, 2.45) is 5.92 Å². The summed E-state index contributed by atoms with van der Waals surface area (Å²) in [5, 5.41) is 10.5. The number of ether oxygens (including phenoxy) is 1. The fraction of sp³-hybridized carbons (Fsp3) is 0.647. The maximum absolute atomic E-state index is 10.5. The summed E-state index contributed by atoms with van der Waals surface area (Å²) in [7, 11) is 1.66. The molecule has 1 aliphatic rings. The molecule has 0 aliphatic carbocycles. The van der Waals surface area contributed by atoms with Gasteiger partial charge in [-0.3, -0.25) is 4.90 Å². The van der Waals surface area contributed by atoms with Crippen LogP contribution in [0.5, 0.6) is 5.75 Å². The van der Waals surface area contributed by atoms with Crippen LogP contribution in [0.3, 0.4) is 0 Å². The molecule has 1 fully saturated rings. The zero-order chi connectivity index (χ0) is 14.5. The summed E-state index contributed by atoms with van der Waals surface area (Å²) in [4.78, 5) is 2.43. The number of hydrogen-bond acceptors (Lipinski definition) is 3. The highest BCUT2D eigenvalue weighted by Crippen LogP contribution is 2.28. The third-order valence-corrected chi connectivity index (χ3v) is 4.50. The largest absolute Gasteiger partial charge is 0.497 e. The molecular weight excluding hydrogens is 250 g/mol. The second kappa shape index (κ2) is 7.09. The molecule has 1 aromatic rings. The van der Waals surface area contributed by atoms with Crippen LogP contribution in [0.25, 0.3) is 0 Å². The molecule has 3 nitrogen and oxygen atoms in total. The average Bonchev–Trinajstić information content (AvgIpc) is 2.95. The Kier molecular flexibility index (Phi) is 5.44. The molecule has 2 rings (SSSR count). The van der Waals surface area contributed by atoms with Crippen LogP contribution < -0.4 is 4.74 Å². The Bertz CT molecular complexity index is 404. The van der Waals surface area contributed by atoms with Crippen molar-refractivity contribution in [3.05, 3.63) is 29.8 Å². The first-order valence-corrected chi connectivity index (χ1v) is 7.71. The van der Waals surface area contributed by atoms with Crippen LogP contribution >= 0.6 is 0 Å². The maximum Gasteiger partial charge on any atom is 0.118 e. The van der Waals surface area contributed by atoms with E-state index in [1.807, 2.05) is 24.3 Å². The molecular formula is C17H27NO2. The Morgan fingerprint density at radius 3 is 2.65 bits per heavy atom. The van der Waals surface area contributed by atoms with Gasteiger partial charge in [0, 0.05) is 12.6 Å². The van der Waals surface area contributed by atoms with Crippen LogP contribution in [0.1, 0.15) is 44.8 Å². The van der Waals surface area contributed by atoms with Gasteiger partial charge in [0.1, 0.15) is 5.75 Å². The first-order valence-electron chi connectivity index (χ1n) is 7.71. The zero-order valence-corrected chi connectivity index (χ0v) is 12.9. The number of nitrogens with zero attached hydrogens (tertiary/aromatic N) is 1. The minimum atomic E-state index is -0.429. The molecule has 1 aromatic carbocycles. The molecule has 0 amide bonds. The summed E-state index contributed by atoms with van der Waals surface area (Å²) < 4.78 is 5.16. The van der Waals surface area contributed by atoms with E-state index in [0.717, 1.165) is 30.3 Å². The van der Waals surface area contributed by atoms with E-state index < -0.39 is 6.10 Å².